The van der Waals surface area contributed by atoms with Gasteiger partial charge in [-0.05, 0) is 43.2 Å². The van der Waals surface area contributed by atoms with E-state index in [2.05, 4.69) is 25.6 Å². The second-order valence-electron chi connectivity index (χ2n) is 8.15. The van der Waals surface area contributed by atoms with Gasteiger partial charge in [0.25, 0.3) is 0 Å². The monoisotopic (exact) mass is 473 g/mol. The molecule has 0 bridgehead atoms. The fourth-order valence-corrected chi connectivity index (χ4v) is 3.11. The molecular formula is C23H22F3N5O3. The zero-order valence-electron chi connectivity index (χ0n) is 18.6. The summed E-state index contributed by atoms with van der Waals surface area (Å²) in [4.78, 5) is 22.5. The SMILES string of the molecule is Cc1cnc(Nc2cc(OCC(C)C)cc(C(F)(F)F)c2)nc1Nc1ccc2oc(=O)[nH]c2c1. The maximum atomic E-state index is 13.4. The number of aromatic amines is 1. The summed E-state index contributed by atoms with van der Waals surface area (Å²) in [6.45, 7) is 5.88. The summed E-state index contributed by atoms with van der Waals surface area (Å²) in [5.41, 5.74) is 1.55. The first-order valence-electron chi connectivity index (χ1n) is 10.4. The number of fused-ring (bicyclic) bond motifs is 1. The molecule has 0 amide bonds. The van der Waals surface area contributed by atoms with Crippen molar-refractivity contribution in [1.29, 1.82) is 0 Å². The highest BCUT2D eigenvalue weighted by Gasteiger charge is 2.31. The molecule has 0 radical (unpaired) electrons. The smallest absolute Gasteiger partial charge is 0.417 e. The predicted octanol–water partition coefficient (Wildman–Crippen LogP) is 5.76. The average Bonchev–Trinajstić information content (AvgIpc) is 3.13. The Labute approximate surface area is 192 Å². The number of halogens is 3. The number of nitrogens with one attached hydrogen (secondary N) is 3. The van der Waals surface area contributed by atoms with E-state index >= 15 is 0 Å². The van der Waals surface area contributed by atoms with Crippen molar-refractivity contribution in [3.05, 3.63) is 64.3 Å². The molecule has 2 aromatic heterocycles. The number of oxazole rings is 1. The Balaban J connectivity index is 1.60. The van der Waals surface area contributed by atoms with Crippen molar-refractivity contribution < 1.29 is 22.3 Å². The highest BCUT2D eigenvalue weighted by atomic mass is 19.4. The van der Waals surface area contributed by atoms with Gasteiger partial charge in [-0.1, -0.05) is 13.8 Å². The number of rotatable bonds is 7. The molecule has 178 valence electrons. The Morgan fingerprint density at radius 2 is 1.91 bits per heavy atom. The molecule has 0 spiro atoms. The topological polar surface area (TPSA) is 105 Å². The minimum atomic E-state index is -4.54. The number of benzene rings is 2. The van der Waals surface area contributed by atoms with Gasteiger partial charge < -0.3 is 19.8 Å². The van der Waals surface area contributed by atoms with E-state index in [0.29, 0.717) is 28.2 Å². The number of nitrogens with zero attached hydrogens (tertiary/aromatic N) is 2. The molecule has 2 aromatic carbocycles. The summed E-state index contributed by atoms with van der Waals surface area (Å²) in [6, 6.07) is 8.43. The molecule has 11 heteroatoms. The molecule has 0 saturated heterocycles. The predicted molar refractivity (Wildman–Crippen MR) is 122 cm³/mol. The van der Waals surface area contributed by atoms with E-state index in [1.807, 2.05) is 13.8 Å². The van der Waals surface area contributed by atoms with Crippen LogP contribution in [-0.2, 0) is 6.18 Å². The lowest BCUT2D eigenvalue weighted by Gasteiger charge is -2.15. The minimum Gasteiger partial charge on any atom is -0.493 e. The third-order valence-corrected chi connectivity index (χ3v) is 4.73. The molecule has 3 N–H and O–H groups in total. The van der Waals surface area contributed by atoms with E-state index in [9.17, 15) is 18.0 Å². The van der Waals surface area contributed by atoms with Crippen molar-refractivity contribution in [1.82, 2.24) is 15.0 Å². The fourth-order valence-electron chi connectivity index (χ4n) is 3.11. The van der Waals surface area contributed by atoms with Gasteiger partial charge in [0.15, 0.2) is 5.58 Å². The van der Waals surface area contributed by atoms with E-state index in [-0.39, 0.29) is 29.9 Å². The third kappa shape index (κ3) is 5.48. The van der Waals surface area contributed by atoms with Crippen molar-refractivity contribution >= 4 is 34.2 Å². The summed E-state index contributed by atoms with van der Waals surface area (Å²) >= 11 is 0. The summed E-state index contributed by atoms with van der Waals surface area (Å²) in [6.07, 6.45) is -3.00. The molecule has 8 nitrogen and oxygen atoms in total. The van der Waals surface area contributed by atoms with Crippen LogP contribution in [0.3, 0.4) is 0 Å². The Kier molecular flexibility index (Phi) is 6.18. The Morgan fingerprint density at radius 3 is 2.65 bits per heavy atom. The van der Waals surface area contributed by atoms with Crippen LogP contribution in [0.25, 0.3) is 11.1 Å². The molecule has 34 heavy (non-hydrogen) atoms. The van der Waals surface area contributed by atoms with E-state index in [1.165, 1.54) is 6.07 Å². The van der Waals surface area contributed by atoms with Crippen molar-refractivity contribution in [3.63, 3.8) is 0 Å². The number of aromatic nitrogens is 3. The maximum Gasteiger partial charge on any atom is 0.417 e. The van der Waals surface area contributed by atoms with Crippen LogP contribution in [-0.4, -0.2) is 21.6 Å². The first-order valence-corrected chi connectivity index (χ1v) is 10.4. The molecule has 0 aliphatic rings. The maximum absolute atomic E-state index is 13.4. The van der Waals surface area contributed by atoms with Gasteiger partial charge in [-0.2, -0.15) is 18.2 Å². The molecule has 0 fully saturated rings. The van der Waals surface area contributed by atoms with Crippen molar-refractivity contribution in [2.24, 2.45) is 5.92 Å². The molecule has 2 heterocycles. The molecule has 0 aliphatic carbocycles. The summed E-state index contributed by atoms with van der Waals surface area (Å²) < 4.78 is 50.7. The van der Waals surface area contributed by atoms with E-state index in [1.54, 1.807) is 31.3 Å². The summed E-state index contributed by atoms with van der Waals surface area (Å²) in [5, 5.41) is 5.95. The van der Waals surface area contributed by atoms with Crippen LogP contribution in [0.15, 0.2) is 51.8 Å². The zero-order valence-corrected chi connectivity index (χ0v) is 18.6. The van der Waals surface area contributed by atoms with Gasteiger partial charge in [0, 0.05) is 29.2 Å². The van der Waals surface area contributed by atoms with Gasteiger partial charge in [0.05, 0.1) is 17.7 Å². The van der Waals surface area contributed by atoms with Crippen LogP contribution < -0.4 is 21.1 Å². The Bertz CT molecular complexity index is 1380. The first kappa shape index (κ1) is 23.1. The van der Waals surface area contributed by atoms with Crippen molar-refractivity contribution in [2.75, 3.05) is 17.2 Å². The summed E-state index contributed by atoms with van der Waals surface area (Å²) in [5.74, 6) is 0.221. The van der Waals surface area contributed by atoms with Crippen LogP contribution in [0.5, 0.6) is 5.75 Å². The first-order chi connectivity index (χ1) is 16.1. The standard InChI is InChI=1S/C23H22F3N5O3/c1-12(2)11-33-17-7-14(23(24,25)26)6-16(8-17)29-21-27-10-13(3)20(31-21)28-15-4-5-19-18(9-15)30-22(32)34-19/h4-10,12H,11H2,1-3H3,(H,30,32)(H2,27,28,29,31). The van der Waals surface area contributed by atoms with Gasteiger partial charge in [-0.25, -0.2) is 9.78 Å². The molecular weight excluding hydrogens is 451 g/mol. The normalized spacial score (nSPS) is 11.7. The molecule has 0 aliphatic heterocycles. The quantitative estimate of drug-likeness (QED) is 0.313. The Hall–Kier alpha value is -4.02. The van der Waals surface area contributed by atoms with Gasteiger partial charge >= 0.3 is 11.9 Å². The Morgan fingerprint density at radius 1 is 1.12 bits per heavy atom. The molecule has 0 saturated carbocycles. The minimum absolute atomic E-state index is 0.0962. The van der Waals surface area contributed by atoms with Gasteiger partial charge in [0.1, 0.15) is 11.6 Å². The lowest BCUT2D eigenvalue weighted by Crippen LogP contribution is -2.09. The second kappa shape index (κ2) is 9.08. The number of aryl methyl sites for hydroxylation is 1. The van der Waals surface area contributed by atoms with Crippen LogP contribution in [0.2, 0.25) is 0 Å². The number of H-pyrrole nitrogens is 1. The van der Waals surface area contributed by atoms with E-state index in [0.717, 1.165) is 12.1 Å². The number of ether oxygens (including phenoxy) is 1. The second-order valence-corrected chi connectivity index (χ2v) is 8.15. The van der Waals surface area contributed by atoms with Crippen LogP contribution in [0.1, 0.15) is 25.0 Å². The highest BCUT2D eigenvalue weighted by molar-refractivity contribution is 5.78. The number of hydrogen-bond donors (Lipinski definition) is 3. The summed E-state index contributed by atoms with van der Waals surface area (Å²) in [7, 11) is 0. The van der Waals surface area contributed by atoms with E-state index < -0.39 is 17.5 Å². The number of anilines is 4. The van der Waals surface area contributed by atoms with Crippen LogP contribution in [0.4, 0.5) is 36.3 Å². The molecule has 4 rings (SSSR count). The van der Waals surface area contributed by atoms with Crippen molar-refractivity contribution in [3.8, 4) is 5.75 Å². The van der Waals surface area contributed by atoms with E-state index in [4.69, 9.17) is 9.15 Å². The van der Waals surface area contributed by atoms with Gasteiger partial charge in [-0.15, -0.1) is 0 Å². The largest absolute Gasteiger partial charge is 0.493 e. The highest BCUT2D eigenvalue weighted by Crippen LogP contribution is 2.35. The molecule has 0 unspecified atom stereocenters. The van der Waals surface area contributed by atoms with Gasteiger partial charge in [0.2, 0.25) is 5.95 Å². The van der Waals surface area contributed by atoms with Crippen molar-refractivity contribution in [2.45, 2.75) is 26.9 Å². The average molecular weight is 473 g/mol. The van der Waals surface area contributed by atoms with Crippen LogP contribution in [0, 0.1) is 12.8 Å². The van der Waals surface area contributed by atoms with Gasteiger partial charge in [-0.3, -0.25) is 4.98 Å². The molecule has 4 aromatic rings. The zero-order chi connectivity index (χ0) is 24.5. The van der Waals surface area contributed by atoms with Crippen LogP contribution >= 0.6 is 0 Å². The number of alkyl halides is 3. The number of hydrogen-bond acceptors (Lipinski definition) is 7. The fraction of sp³-hybridized carbons (Fsp3) is 0.261. The lowest BCUT2D eigenvalue weighted by molar-refractivity contribution is -0.137. The molecule has 0 atom stereocenters. The lowest BCUT2D eigenvalue weighted by atomic mass is 10.1. The third-order valence-electron chi connectivity index (χ3n) is 4.73.